The Balaban J connectivity index is 2.10. The number of fused-ring (bicyclic) bond motifs is 1. The number of allylic oxidation sites excluding steroid dienone is 2. The van der Waals surface area contributed by atoms with Gasteiger partial charge in [0, 0.05) is 0 Å². The van der Waals surface area contributed by atoms with Crippen molar-refractivity contribution in [1.29, 1.82) is 0 Å². The van der Waals surface area contributed by atoms with Gasteiger partial charge in [-0.15, -0.1) is 0 Å². The van der Waals surface area contributed by atoms with Gasteiger partial charge in [-0.1, -0.05) is 11.6 Å². The molecule has 2 atom stereocenters. The number of rotatable bonds is 1. The third-order valence-electron chi connectivity index (χ3n) is 2.63. The highest BCUT2D eigenvalue weighted by molar-refractivity contribution is 5.19. The molecule has 9 heavy (non-hydrogen) atoms. The zero-order valence-corrected chi connectivity index (χ0v) is 5.77. The second-order valence-corrected chi connectivity index (χ2v) is 3.21. The standard InChI is InChI=1S/C9H13/c1-2-7-4-3-5-8-6-9(7)8/h4,8-9H,1-3,5-6H2. The molecule has 0 amide bonds. The van der Waals surface area contributed by atoms with Gasteiger partial charge in [0.05, 0.1) is 0 Å². The Labute approximate surface area is 57.0 Å². The summed E-state index contributed by atoms with van der Waals surface area (Å²) in [5.41, 5.74) is 1.64. The second kappa shape index (κ2) is 1.86. The van der Waals surface area contributed by atoms with Gasteiger partial charge in [0.2, 0.25) is 0 Å². The monoisotopic (exact) mass is 121 g/mol. The van der Waals surface area contributed by atoms with Crippen molar-refractivity contribution in [3.63, 3.8) is 0 Å². The predicted octanol–water partition coefficient (Wildman–Crippen LogP) is 2.57. The maximum absolute atomic E-state index is 3.92. The van der Waals surface area contributed by atoms with Gasteiger partial charge in [-0.25, -0.2) is 0 Å². The Bertz CT molecular complexity index is 144. The highest BCUT2D eigenvalue weighted by Gasteiger charge is 2.39. The van der Waals surface area contributed by atoms with E-state index in [1.54, 1.807) is 5.57 Å². The number of hydrogen-bond acceptors (Lipinski definition) is 0. The molecule has 0 aliphatic heterocycles. The van der Waals surface area contributed by atoms with E-state index < -0.39 is 0 Å². The Hall–Kier alpha value is -0.260. The Kier molecular flexibility index (Phi) is 1.14. The Morgan fingerprint density at radius 1 is 1.67 bits per heavy atom. The molecule has 0 aromatic rings. The molecule has 0 saturated heterocycles. The van der Waals surface area contributed by atoms with Crippen molar-refractivity contribution in [3.05, 3.63) is 18.6 Å². The van der Waals surface area contributed by atoms with Gasteiger partial charge in [0.1, 0.15) is 0 Å². The lowest BCUT2D eigenvalue weighted by molar-refractivity contribution is 0.652. The normalized spacial score (nSPS) is 39.4. The third kappa shape index (κ3) is 0.810. The summed E-state index contributed by atoms with van der Waals surface area (Å²) in [7, 11) is 0. The SMILES string of the molecule is [CH2]CC1=CCCC2CC12. The van der Waals surface area contributed by atoms with Gasteiger partial charge < -0.3 is 0 Å². The number of hydrogen-bond donors (Lipinski definition) is 0. The fourth-order valence-corrected chi connectivity index (χ4v) is 1.94. The zero-order valence-electron chi connectivity index (χ0n) is 5.77. The van der Waals surface area contributed by atoms with Gasteiger partial charge in [0.15, 0.2) is 0 Å². The van der Waals surface area contributed by atoms with E-state index in [1.165, 1.54) is 19.3 Å². The van der Waals surface area contributed by atoms with Gasteiger partial charge in [-0.3, -0.25) is 0 Å². The van der Waals surface area contributed by atoms with Gasteiger partial charge >= 0.3 is 0 Å². The van der Waals surface area contributed by atoms with Gasteiger partial charge in [-0.2, -0.15) is 0 Å². The Morgan fingerprint density at radius 2 is 2.56 bits per heavy atom. The van der Waals surface area contributed by atoms with E-state index in [0.29, 0.717) is 0 Å². The molecule has 1 radical (unpaired) electrons. The van der Waals surface area contributed by atoms with Crippen LogP contribution in [0, 0.1) is 18.8 Å². The highest BCUT2D eigenvalue weighted by atomic mass is 14.4. The smallest absolute Gasteiger partial charge is 0.0172 e. The van der Waals surface area contributed by atoms with Crippen LogP contribution in [0.25, 0.3) is 0 Å². The van der Waals surface area contributed by atoms with E-state index >= 15 is 0 Å². The lowest BCUT2D eigenvalue weighted by atomic mass is 9.98. The summed E-state index contributed by atoms with van der Waals surface area (Å²) in [5, 5.41) is 0. The van der Waals surface area contributed by atoms with E-state index in [-0.39, 0.29) is 0 Å². The van der Waals surface area contributed by atoms with Crippen LogP contribution in [0.4, 0.5) is 0 Å². The summed E-state index contributed by atoms with van der Waals surface area (Å²) < 4.78 is 0. The molecule has 0 aromatic heterocycles. The molecule has 1 saturated carbocycles. The largest absolute Gasteiger partial charge is 0.0850 e. The van der Waals surface area contributed by atoms with Gasteiger partial charge in [-0.05, 0) is 44.4 Å². The molecule has 0 N–H and O–H groups in total. The van der Waals surface area contributed by atoms with Crippen LogP contribution in [-0.2, 0) is 0 Å². The zero-order chi connectivity index (χ0) is 6.27. The molecule has 0 heterocycles. The summed E-state index contributed by atoms with van der Waals surface area (Å²) >= 11 is 0. The van der Waals surface area contributed by atoms with E-state index in [0.717, 1.165) is 18.3 Å². The van der Waals surface area contributed by atoms with Crippen molar-refractivity contribution in [2.24, 2.45) is 11.8 Å². The molecule has 2 rings (SSSR count). The minimum Gasteiger partial charge on any atom is -0.0850 e. The van der Waals surface area contributed by atoms with E-state index in [4.69, 9.17) is 0 Å². The third-order valence-corrected chi connectivity index (χ3v) is 2.63. The Morgan fingerprint density at radius 3 is 3.22 bits per heavy atom. The van der Waals surface area contributed by atoms with Crippen LogP contribution in [-0.4, -0.2) is 0 Å². The first kappa shape index (κ1) is 5.52. The molecular weight excluding hydrogens is 108 g/mol. The molecule has 0 bridgehead atoms. The molecule has 1 fully saturated rings. The summed E-state index contributed by atoms with van der Waals surface area (Å²) in [5.74, 6) is 2.06. The molecule has 49 valence electrons. The molecule has 2 unspecified atom stereocenters. The summed E-state index contributed by atoms with van der Waals surface area (Å²) in [6.07, 6.45) is 7.71. The van der Waals surface area contributed by atoms with Crippen molar-refractivity contribution in [1.82, 2.24) is 0 Å². The minimum atomic E-state index is 0.983. The predicted molar refractivity (Wildman–Crippen MR) is 38.9 cm³/mol. The molecule has 0 spiro atoms. The first-order chi connectivity index (χ1) is 4.42. The van der Waals surface area contributed by atoms with Crippen LogP contribution >= 0.6 is 0 Å². The highest BCUT2D eigenvalue weighted by Crippen LogP contribution is 2.50. The minimum absolute atomic E-state index is 0.983. The van der Waals surface area contributed by atoms with Crippen molar-refractivity contribution in [2.45, 2.75) is 25.7 Å². The summed E-state index contributed by atoms with van der Waals surface area (Å²) in [4.78, 5) is 0. The molecular formula is C9H13. The molecule has 2 aliphatic rings. The first-order valence-corrected chi connectivity index (χ1v) is 3.90. The van der Waals surface area contributed by atoms with Crippen molar-refractivity contribution < 1.29 is 0 Å². The lowest BCUT2D eigenvalue weighted by Crippen LogP contribution is -1.93. The van der Waals surface area contributed by atoms with Crippen LogP contribution in [0.3, 0.4) is 0 Å². The quantitative estimate of drug-likeness (QED) is 0.468. The molecule has 0 heteroatoms. The van der Waals surface area contributed by atoms with Gasteiger partial charge in [0.25, 0.3) is 0 Å². The maximum atomic E-state index is 3.92. The van der Waals surface area contributed by atoms with Crippen molar-refractivity contribution in [3.8, 4) is 0 Å². The van der Waals surface area contributed by atoms with Crippen molar-refractivity contribution in [2.75, 3.05) is 0 Å². The fourth-order valence-electron chi connectivity index (χ4n) is 1.94. The van der Waals surface area contributed by atoms with E-state index in [9.17, 15) is 0 Å². The topological polar surface area (TPSA) is 0 Å². The van der Waals surface area contributed by atoms with Crippen LogP contribution in [0.5, 0.6) is 0 Å². The van der Waals surface area contributed by atoms with Crippen LogP contribution in [0.1, 0.15) is 25.7 Å². The van der Waals surface area contributed by atoms with Crippen molar-refractivity contribution >= 4 is 0 Å². The van der Waals surface area contributed by atoms with E-state index in [1.807, 2.05) is 0 Å². The molecule has 0 aromatic carbocycles. The van der Waals surface area contributed by atoms with Crippen LogP contribution < -0.4 is 0 Å². The van der Waals surface area contributed by atoms with E-state index in [2.05, 4.69) is 13.0 Å². The average Bonchev–Trinajstić information content (AvgIpc) is 2.64. The lowest BCUT2D eigenvalue weighted by Gasteiger charge is -2.08. The summed E-state index contributed by atoms with van der Waals surface area (Å²) in [6, 6.07) is 0. The average molecular weight is 121 g/mol. The van der Waals surface area contributed by atoms with Crippen LogP contribution in [0.15, 0.2) is 11.6 Å². The molecule has 0 nitrogen and oxygen atoms in total. The second-order valence-electron chi connectivity index (χ2n) is 3.21. The van der Waals surface area contributed by atoms with Crippen LogP contribution in [0.2, 0.25) is 0 Å². The first-order valence-electron chi connectivity index (χ1n) is 3.90. The fraction of sp³-hybridized carbons (Fsp3) is 0.667. The summed E-state index contributed by atoms with van der Waals surface area (Å²) in [6.45, 7) is 3.92. The maximum Gasteiger partial charge on any atom is -0.0172 e. The molecule has 2 aliphatic carbocycles.